The standard InChI is InChI=1S/C12H19N5O4/c1-15(2)4-8-3-9(18)5-17(8)12(21)10-6-16(14-13-10)7-11(19)20/h6,8-9,18H,3-5,7H2,1-2H3,(H,19,20). The molecular formula is C12H19N5O4. The monoisotopic (exact) mass is 297 g/mol. The lowest BCUT2D eigenvalue weighted by molar-refractivity contribution is -0.137. The van der Waals surface area contributed by atoms with E-state index in [1.807, 2.05) is 19.0 Å². The van der Waals surface area contributed by atoms with Crippen LogP contribution in [0.25, 0.3) is 0 Å². The summed E-state index contributed by atoms with van der Waals surface area (Å²) < 4.78 is 1.10. The van der Waals surface area contributed by atoms with Crippen molar-refractivity contribution < 1.29 is 19.8 Å². The molecule has 0 aromatic carbocycles. The Kier molecular flexibility index (Phi) is 4.53. The van der Waals surface area contributed by atoms with Crippen LogP contribution in [-0.4, -0.2) is 86.2 Å². The molecule has 1 aromatic heterocycles. The van der Waals surface area contributed by atoms with Gasteiger partial charge in [0.1, 0.15) is 6.54 Å². The molecule has 2 atom stereocenters. The van der Waals surface area contributed by atoms with Gasteiger partial charge >= 0.3 is 5.97 Å². The molecule has 1 saturated heterocycles. The van der Waals surface area contributed by atoms with Crippen molar-refractivity contribution in [2.75, 3.05) is 27.2 Å². The Morgan fingerprint density at radius 3 is 2.81 bits per heavy atom. The van der Waals surface area contributed by atoms with E-state index in [4.69, 9.17) is 5.11 Å². The van der Waals surface area contributed by atoms with Crippen molar-refractivity contribution in [1.29, 1.82) is 0 Å². The van der Waals surface area contributed by atoms with E-state index in [1.54, 1.807) is 4.90 Å². The number of aliphatic hydroxyl groups is 1. The van der Waals surface area contributed by atoms with Gasteiger partial charge in [0.15, 0.2) is 5.69 Å². The predicted octanol–water partition coefficient (Wildman–Crippen LogP) is -1.50. The maximum absolute atomic E-state index is 12.4. The minimum Gasteiger partial charge on any atom is -0.480 e. The summed E-state index contributed by atoms with van der Waals surface area (Å²) in [6, 6.07) is -0.0906. The number of carboxylic acids is 1. The molecule has 1 aliphatic heterocycles. The van der Waals surface area contributed by atoms with Gasteiger partial charge in [-0.15, -0.1) is 5.10 Å². The molecule has 1 fully saturated rings. The highest BCUT2D eigenvalue weighted by Gasteiger charge is 2.35. The first-order valence-electron chi connectivity index (χ1n) is 6.62. The third-order valence-corrected chi connectivity index (χ3v) is 3.28. The van der Waals surface area contributed by atoms with Gasteiger partial charge in [-0.05, 0) is 20.5 Å². The highest BCUT2D eigenvalue weighted by atomic mass is 16.4. The summed E-state index contributed by atoms with van der Waals surface area (Å²) in [6.07, 6.45) is 1.29. The Morgan fingerprint density at radius 1 is 1.48 bits per heavy atom. The van der Waals surface area contributed by atoms with E-state index in [2.05, 4.69) is 10.3 Å². The van der Waals surface area contributed by atoms with Crippen molar-refractivity contribution in [3.8, 4) is 0 Å². The molecule has 0 radical (unpaired) electrons. The fraction of sp³-hybridized carbons (Fsp3) is 0.667. The molecule has 0 saturated carbocycles. The Labute approximate surface area is 121 Å². The van der Waals surface area contributed by atoms with Gasteiger partial charge in [0.2, 0.25) is 0 Å². The minimum atomic E-state index is -1.05. The lowest BCUT2D eigenvalue weighted by atomic mass is 10.2. The topological polar surface area (TPSA) is 112 Å². The smallest absolute Gasteiger partial charge is 0.325 e. The lowest BCUT2D eigenvalue weighted by Gasteiger charge is -2.25. The SMILES string of the molecule is CN(C)CC1CC(O)CN1C(=O)c1cn(CC(=O)O)nn1. The summed E-state index contributed by atoms with van der Waals surface area (Å²) in [5, 5.41) is 25.8. The van der Waals surface area contributed by atoms with Crippen LogP contribution in [0.3, 0.4) is 0 Å². The van der Waals surface area contributed by atoms with E-state index in [0.29, 0.717) is 13.0 Å². The number of amides is 1. The largest absolute Gasteiger partial charge is 0.480 e. The first-order chi connectivity index (χ1) is 9.86. The molecule has 2 N–H and O–H groups in total. The molecule has 9 heteroatoms. The second-order valence-electron chi connectivity index (χ2n) is 5.46. The molecular weight excluding hydrogens is 278 g/mol. The first kappa shape index (κ1) is 15.4. The lowest BCUT2D eigenvalue weighted by Crippen LogP contribution is -2.41. The molecule has 1 amide bonds. The number of β-amino-alcohol motifs (C(OH)–C–C–N with tert-alkyl or cyclic N) is 1. The molecule has 2 unspecified atom stereocenters. The number of aliphatic hydroxyl groups excluding tert-OH is 1. The average molecular weight is 297 g/mol. The molecule has 1 aromatic rings. The molecule has 0 bridgehead atoms. The summed E-state index contributed by atoms with van der Waals surface area (Å²) in [5.74, 6) is -1.39. The van der Waals surface area contributed by atoms with Crippen LogP contribution in [0.1, 0.15) is 16.9 Å². The highest BCUT2D eigenvalue weighted by molar-refractivity contribution is 5.92. The van der Waals surface area contributed by atoms with E-state index < -0.39 is 12.1 Å². The molecule has 2 rings (SSSR count). The van der Waals surface area contributed by atoms with Gasteiger partial charge < -0.3 is 20.0 Å². The summed E-state index contributed by atoms with van der Waals surface area (Å²) in [5.41, 5.74) is 0.0918. The van der Waals surface area contributed by atoms with Crippen molar-refractivity contribution in [2.24, 2.45) is 0 Å². The summed E-state index contributed by atoms with van der Waals surface area (Å²) >= 11 is 0. The zero-order chi connectivity index (χ0) is 15.6. The molecule has 0 spiro atoms. The Balaban J connectivity index is 2.10. The van der Waals surface area contributed by atoms with Gasteiger partial charge in [-0.1, -0.05) is 5.21 Å². The normalized spacial score (nSPS) is 22.0. The maximum atomic E-state index is 12.4. The van der Waals surface area contributed by atoms with Crippen LogP contribution in [0.5, 0.6) is 0 Å². The minimum absolute atomic E-state index is 0.0906. The van der Waals surface area contributed by atoms with Crippen LogP contribution in [0, 0.1) is 0 Å². The second-order valence-corrected chi connectivity index (χ2v) is 5.46. The fourth-order valence-corrected chi connectivity index (χ4v) is 2.49. The zero-order valence-electron chi connectivity index (χ0n) is 12.0. The number of rotatable bonds is 5. The van der Waals surface area contributed by atoms with Gasteiger partial charge in [0, 0.05) is 19.1 Å². The number of carbonyl (C=O) groups excluding carboxylic acids is 1. The van der Waals surface area contributed by atoms with Gasteiger partial charge in [0.25, 0.3) is 5.91 Å². The molecule has 2 heterocycles. The van der Waals surface area contributed by atoms with E-state index in [1.165, 1.54) is 6.20 Å². The molecule has 21 heavy (non-hydrogen) atoms. The third kappa shape index (κ3) is 3.76. The highest BCUT2D eigenvalue weighted by Crippen LogP contribution is 2.20. The zero-order valence-corrected chi connectivity index (χ0v) is 12.0. The summed E-state index contributed by atoms with van der Waals surface area (Å²) in [6.45, 7) is 0.555. The van der Waals surface area contributed by atoms with Crippen molar-refractivity contribution >= 4 is 11.9 Å². The maximum Gasteiger partial charge on any atom is 0.325 e. The van der Waals surface area contributed by atoms with Crippen LogP contribution in [0.4, 0.5) is 0 Å². The molecule has 116 valence electrons. The number of likely N-dealkylation sites (N-methyl/N-ethyl adjacent to an activating group) is 1. The van der Waals surface area contributed by atoms with Crippen molar-refractivity contribution in [2.45, 2.75) is 25.1 Å². The third-order valence-electron chi connectivity index (χ3n) is 3.28. The molecule has 1 aliphatic rings. The van der Waals surface area contributed by atoms with Crippen LogP contribution >= 0.6 is 0 Å². The van der Waals surface area contributed by atoms with Crippen LogP contribution in [-0.2, 0) is 11.3 Å². The molecule has 9 nitrogen and oxygen atoms in total. The number of aliphatic carboxylic acids is 1. The number of hydrogen-bond acceptors (Lipinski definition) is 6. The number of carbonyl (C=O) groups is 2. The Hall–Kier alpha value is -2.00. The van der Waals surface area contributed by atoms with E-state index >= 15 is 0 Å². The number of nitrogens with zero attached hydrogens (tertiary/aromatic N) is 5. The number of hydrogen-bond donors (Lipinski definition) is 2. The fourth-order valence-electron chi connectivity index (χ4n) is 2.49. The van der Waals surface area contributed by atoms with Crippen LogP contribution in [0.2, 0.25) is 0 Å². The van der Waals surface area contributed by atoms with E-state index in [0.717, 1.165) is 4.68 Å². The van der Waals surface area contributed by atoms with E-state index in [9.17, 15) is 14.7 Å². The number of likely N-dealkylation sites (tertiary alicyclic amines) is 1. The van der Waals surface area contributed by atoms with Crippen LogP contribution < -0.4 is 0 Å². The van der Waals surface area contributed by atoms with Crippen LogP contribution in [0.15, 0.2) is 6.20 Å². The number of carboxylic acid groups (broad SMARTS) is 1. The quantitative estimate of drug-likeness (QED) is 0.680. The van der Waals surface area contributed by atoms with Crippen molar-refractivity contribution in [3.05, 3.63) is 11.9 Å². The first-order valence-corrected chi connectivity index (χ1v) is 6.62. The van der Waals surface area contributed by atoms with Gasteiger partial charge in [-0.3, -0.25) is 9.59 Å². The Morgan fingerprint density at radius 2 is 2.19 bits per heavy atom. The Bertz CT molecular complexity index is 529. The summed E-state index contributed by atoms with van der Waals surface area (Å²) in [7, 11) is 3.80. The molecule has 0 aliphatic carbocycles. The van der Waals surface area contributed by atoms with Gasteiger partial charge in [0.05, 0.1) is 12.3 Å². The van der Waals surface area contributed by atoms with Gasteiger partial charge in [-0.25, -0.2) is 4.68 Å². The predicted molar refractivity (Wildman–Crippen MR) is 71.7 cm³/mol. The second kappa shape index (κ2) is 6.19. The van der Waals surface area contributed by atoms with Crippen molar-refractivity contribution in [3.63, 3.8) is 0 Å². The average Bonchev–Trinajstić information content (AvgIpc) is 2.94. The summed E-state index contributed by atoms with van der Waals surface area (Å²) in [4.78, 5) is 26.5. The van der Waals surface area contributed by atoms with E-state index in [-0.39, 0.29) is 30.7 Å². The number of aromatic nitrogens is 3. The van der Waals surface area contributed by atoms with Gasteiger partial charge in [-0.2, -0.15) is 0 Å². The van der Waals surface area contributed by atoms with Crippen molar-refractivity contribution in [1.82, 2.24) is 24.8 Å².